The topological polar surface area (TPSA) is 64.9 Å². The van der Waals surface area contributed by atoms with Crippen LogP contribution < -0.4 is 5.32 Å². The van der Waals surface area contributed by atoms with Crippen LogP contribution in [0.1, 0.15) is 11.5 Å². The third kappa shape index (κ3) is 3.01. The standard InChI is InChI=1S/C10H15N5OS/c1-7-8(6-15(2)13-7)11-10-12-9(14-17-10)4-5-16-3/h6H,4-5H2,1-3H3,(H,11,12,14). The highest BCUT2D eigenvalue weighted by Crippen LogP contribution is 2.20. The van der Waals surface area contributed by atoms with Gasteiger partial charge in [0.05, 0.1) is 18.0 Å². The van der Waals surface area contributed by atoms with Gasteiger partial charge in [-0.3, -0.25) is 4.68 Å². The molecule has 6 nitrogen and oxygen atoms in total. The highest BCUT2D eigenvalue weighted by atomic mass is 32.1. The molecule has 0 saturated carbocycles. The molecule has 0 bridgehead atoms. The Morgan fingerprint density at radius 3 is 3.00 bits per heavy atom. The summed E-state index contributed by atoms with van der Waals surface area (Å²) in [6, 6.07) is 0. The minimum absolute atomic E-state index is 0.641. The minimum Gasteiger partial charge on any atom is -0.384 e. The second-order valence-corrected chi connectivity index (χ2v) is 4.44. The van der Waals surface area contributed by atoms with E-state index in [0.29, 0.717) is 6.61 Å². The molecule has 2 aromatic rings. The molecule has 0 aliphatic carbocycles. The highest BCUT2D eigenvalue weighted by Gasteiger charge is 2.07. The Morgan fingerprint density at radius 2 is 2.35 bits per heavy atom. The molecule has 0 aliphatic rings. The van der Waals surface area contributed by atoms with Gasteiger partial charge in [0.1, 0.15) is 5.82 Å². The number of anilines is 2. The van der Waals surface area contributed by atoms with Crippen LogP contribution in [-0.4, -0.2) is 32.9 Å². The second-order valence-electron chi connectivity index (χ2n) is 3.69. The molecular weight excluding hydrogens is 238 g/mol. The van der Waals surface area contributed by atoms with Crippen LogP contribution >= 0.6 is 11.5 Å². The first kappa shape index (κ1) is 12.0. The molecule has 0 atom stereocenters. The summed E-state index contributed by atoms with van der Waals surface area (Å²) in [5.74, 6) is 0.806. The van der Waals surface area contributed by atoms with E-state index in [4.69, 9.17) is 4.74 Å². The van der Waals surface area contributed by atoms with Gasteiger partial charge in [0.15, 0.2) is 0 Å². The van der Waals surface area contributed by atoms with Gasteiger partial charge >= 0.3 is 0 Å². The van der Waals surface area contributed by atoms with Crippen LogP contribution in [0.15, 0.2) is 6.20 Å². The molecule has 0 aromatic carbocycles. The zero-order valence-corrected chi connectivity index (χ0v) is 10.9. The van der Waals surface area contributed by atoms with Gasteiger partial charge in [-0.2, -0.15) is 9.47 Å². The van der Waals surface area contributed by atoms with Crippen molar-refractivity contribution >= 4 is 22.4 Å². The number of aromatic nitrogens is 4. The van der Waals surface area contributed by atoms with E-state index in [1.807, 2.05) is 20.2 Å². The molecule has 7 heteroatoms. The van der Waals surface area contributed by atoms with Crippen LogP contribution in [-0.2, 0) is 18.2 Å². The smallest absolute Gasteiger partial charge is 0.207 e. The predicted octanol–water partition coefficient (Wildman–Crippen LogP) is 1.51. The lowest BCUT2D eigenvalue weighted by molar-refractivity contribution is 0.201. The zero-order valence-electron chi connectivity index (χ0n) is 10.1. The van der Waals surface area contributed by atoms with Gasteiger partial charge in [-0.1, -0.05) is 0 Å². The average molecular weight is 253 g/mol. The SMILES string of the molecule is COCCc1nsc(Nc2cn(C)nc2C)n1. The van der Waals surface area contributed by atoms with Gasteiger partial charge in [-0.15, -0.1) is 0 Å². The summed E-state index contributed by atoms with van der Waals surface area (Å²) in [7, 11) is 3.56. The van der Waals surface area contributed by atoms with Crippen LogP contribution in [0.2, 0.25) is 0 Å². The summed E-state index contributed by atoms with van der Waals surface area (Å²) in [6.45, 7) is 2.59. The van der Waals surface area contributed by atoms with E-state index < -0.39 is 0 Å². The number of hydrogen-bond acceptors (Lipinski definition) is 6. The Labute approximate surface area is 104 Å². The van der Waals surface area contributed by atoms with Crippen molar-refractivity contribution in [2.75, 3.05) is 19.0 Å². The van der Waals surface area contributed by atoms with E-state index >= 15 is 0 Å². The molecule has 0 amide bonds. The molecule has 2 rings (SSSR count). The number of hydrogen-bond donors (Lipinski definition) is 1. The third-order valence-corrected chi connectivity index (χ3v) is 2.92. The van der Waals surface area contributed by atoms with Crippen LogP contribution in [0.3, 0.4) is 0 Å². The first-order valence-electron chi connectivity index (χ1n) is 5.28. The Bertz CT molecular complexity index is 493. The number of rotatable bonds is 5. The molecule has 0 fully saturated rings. The molecule has 2 aromatic heterocycles. The number of aryl methyl sites for hydroxylation is 2. The summed E-state index contributed by atoms with van der Waals surface area (Å²) in [4.78, 5) is 4.37. The van der Waals surface area contributed by atoms with Crippen molar-refractivity contribution in [2.24, 2.45) is 7.05 Å². The molecule has 0 radical (unpaired) electrons. The van der Waals surface area contributed by atoms with E-state index in [-0.39, 0.29) is 0 Å². The molecule has 2 heterocycles. The molecule has 0 aliphatic heterocycles. The maximum absolute atomic E-state index is 4.99. The van der Waals surface area contributed by atoms with Crippen LogP contribution in [0.5, 0.6) is 0 Å². The average Bonchev–Trinajstić information content (AvgIpc) is 2.84. The van der Waals surface area contributed by atoms with E-state index in [0.717, 1.165) is 28.8 Å². The molecule has 0 unspecified atom stereocenters. The number of ether oxygens (including phenoxy) is 1. The summed E-state index contributed by atoms with van der Waals surface area (Å²) in [5.41, 5.74) is 1.91. The quantitative estimate of drug-likeness (QED) is 0.875. The van der Waals surface area contributed by atoms with Gasteiger partial charge in [0.25, 0.3) is 0 Å². The molecular formula is C10H15N5OS. The van der Waals surface area contributed by atoms with Crippen LogP contribution in [0.25, 0.3) is 0 Å². The Balaban J connectivity index is 2.03. The lowest BCUT2D eigenvalue weighted by atomic mass is 10.4. The molecule has 92 valence electrons. The molecule has 0 saturated heterocycles. The lowest BCUT2D eigenvalue weighted by Crippen LogP contribution is -1.97. The largest absolute Gasteiger partial charge is 0.384 e. The third-order valence-electron chi connectivity index (χ3n) is 2.25. The van der Waals surface area contributed by atoms with Crippen LogP contribution in [0.4, 0.5) is 10.8 Å². The second kappa shape index (κ2) is 5.24. The fourth-order valence-electron chi connectivity index (χ4n) is 1.44. The van der Waals surface area contributed by atoms with Crippen molar-refractivity contribution in [3.8, 4) is 0 Å². The Kier molecular flexibility index (Phi) is 3.70. The van der Waals surface area contributed by atoms with Gasteiger partial charge in [-0.05, 0) is 6.92 Å². The first-order chi connectivity index (χ1) is 8.19. The number of nitrogens with zero attached hydrogens (tertiary/aromatic N) is 4. The molecule has 1 N–H and O–H groups in total. The van der Waals surface area contributed by atoms with Crippen molar-refractivity contribution in [3.63, 3.8) is 0 Å². The summed E-state index contributed by atoms with van der Waals surface area (Å²) >= 11 is 1.35. The van der Waals surface area contributed by atoms with Gasteiger partial charge < -0.3 is 10.1 Å². The van der Waals surface area contributed by atoms with Crippen molar-refractivity contribution in [3.05, 3.63) is 17.7 Å². The van der Waals surface area contributed by atoms with Gasteiger partial charge in [0.2, 0.25) is 5.13 Å². The monoisotopic (exact) mass is 253 g/mol. The number of methoxy groups -OCH3 is 1. The van der Waals surface area contributed by atoms with E-state index in [2.05, 4.69) is 19.8 Å². The molecule has 0 spiro atoms. The normalized spacial score (nSPS) is 10.8. The zero-order chi connectivity index (χ0) is 12.3. The lowest BCUT2D eigenvalue weighted by Gasteiger charge is -1.97. The minimum atomic E-state index is 0.641. The van der Waals surface area contributed by atoms with E-state index in [9.17, 15) is 0 Å². The van der Waals surface area contributed by atoms with Gasteiger partial charge in [0, 0.05) is 38.3 Å². The van der Waals surface area contributed by atoms with Crippen LogP contribution in [0, 0.1) is 6.92 Å². The predicted molar refractivity (Wildman–Crippen MR) is 66.7 cm³/mol. The van der Waals surface area contributed by atoms with Crippen molar-refractivity contribution < 1.29 is 4.74 Å². The van der Waals surface area contributed by atoms with Crippen molar-refractivity contribution in [1.29, 1.82) is 0 Å². The highest BCUT2D eigenvalue weighted by molar-refractivity contribution is 7.09. The summed E-state index contributed by atoms with van der Waals surface area (Å²) < 4.78 is 11.0. The van der Waals surface area contributed by atoms with Crippen molar-refractivity contribution in [1.82, 2.24) is 19.1 Å². The maximum atomic E-state index is 4.99. The fraction of sp³-hybridized carbons (Fsp3) is 0.500. The number of nitrogens with one attached hydrogen (secondary N) is 1. The van der Waals surface area contributed by atoms with Crippen molar-refractivity contribution in [2.45, 2.75) is 13.3 Å². The fourth-order valence-corrected chi connectivity index (χ4v) is 2.06. The Morgan fingerprint density at radius 1 is 1.53 bits per heavy atom. The summed E-state index contributed by atoms with van der Waals surface area (Å²) in [6.07, 6.45) is 2.66. The molecule has 17 heavy (non-hydrogen) atoms. The van der Waals surface area contributed by atoms with E-state index in [1.54, 1.807) is 11.8 Å². The maximum Gasteiger partial charge on any atom is 0.207 e. The van der Waals surface area contributed by atoms with Gasteiger partial charge in [-0.25, -0.2) is 4.98 Å². The van der Waals surface area contributed by atoms with E-state index in [1.165, 1.54) is 11.5 Å². The summed E-state index contributed by atoms with van der Waals surface area (Å²) in [5, 5.41) is 8.25. The Hall–Kier alpha value is -1.47. The first-order valence-corrected chi connectivity index (χ1v) is 6.05.